The van der Waals surface area contributed by atoms with Crippen molar-refractivity contribution in [3.8, 4) is 0 Å². The fourth-order valence-electron chi connectivity index (χ4n) is 1.64. The van der Waals surface area contributed by atoms with Crippen molar-refractivity contribution in [1.29, 1.82) is 0 Å². The van der Waals surface area contributed by atoms with Crippen molar-refractivity contribution < 1.29 is 19.0 Å². The molecule has 1 rings (SSSR count). The maximum absolute atomic E-state index is 13.1. The molecule has 1 unspecified atom stereocenters. The van der Waals surface area contributed by atoms with E-state index >= 15 is 0 Å². The molecule has 19 heavy (non-hydrogen) atoms. The quantitative estimate of drug-likeness (QED) is 0.795. The van der Waals surface area contributed by atoms with Crippen molar-refractivity contribution >= 4 is 21.8 Å². The molecule has 1 aromatic carbocycles. The van der Waals surface area contributed by atoms with Crippen LogP contribution < -0.4 is 5.32 Å². The molecule has 0 saturated carbocycles. The number of hydrogen-bond donors (Lipinski definition) is 2. The molecule has 0 heterocycles. The predicted octanol–water partition coefficient (Wildman–Crippen LogP) is 1.50. The van der Waals surface area contributed by atoms with Gasteiger partial charge in [0.15, 0.2) is 0 Å². The van der Waals surface area contributed by atoms with Crippen LogP contribution in [0.2, 0.25) is 0 Å². The number of methoxy groups -OCH3 is 1. The van der Waals surface area contributed by atoms with Gasteiger partial charge in [-0.05, 0) is 40.0 Å². The molecule has 6 heteroatoms. The number of carbonyl (C=O) groups is 1. The Labute approximate surface area is 120 Å². The maximum Gasteiger partial charge on any atom is 0.245 e. The highest BCUT2D eigenvalue weighted by atomic mass is 79.9. The zero-order valence-electron chi connectivity index (χ0n) is 10.7. The number of nitrogens with one attached hydrogen (secondary N) is 1. The van der Waals surface area contributed by atoms with E-state index in [-0.39, 0.29) is 30.9 Å². The number of hydrogen-bond acceptors (Lipinski definition) is 3. The SMILES string of the molecule is COCC(=O)NCC(CO)Cc1ccc(F)c(Br)c1. The summed E-state index contributed by atoms with van der Waals surface area (Å²) in [6.45, 7) is 0.302. The molecule has 106 valence electrons. The Hall–Kier alpha value is -0.980. The van der Waals surface area contributed by atoms with Crippen LogP contribution in [0.5, 0.6) is 0 Å². The summed E-state index contributed by atoms with van der Waals surface area (Å²) in [6.07, 6.45) is 0.558. The van der Waals surface area contributed by atoms with Crippen molar-refractivity contribution in [2.45, 2.75) is 6.42 Å². The zero-order valence-corrected chi connectivity index (χ0v) is 12.2. The second-order valence-electron chi connectivity index (χ2n) is 4.24. The first-order valence-corrected chi connectivity index (χ1v) is 6.66. The van der Waals surface area contributed by atoms with Gasteiger partial charge in [-0.2, -0.15) is 0 Å². The zero-order chi connectivity index (χ0) is 14.3. The second kappa shape index (κ2) is 8.24. The normalized spacial score (nSPS) is 12.2. The molecule has 0 radical (unpaired) electrons. The van der Waals surface area contributed by atoms with Crippen LogP contribution in [-0.4, -0.2) is 37.9 Å². The van der Waals surface area contributed by atoms with E-state index in [1.54, 1.807) is 12.1 Å². The molecule has 0 bridgehead atoms. The highest BCUT2D eigenvalue weighted by Crippen LogP contribution is 2.18. The second-order valence-corrected chi connectivity index (χ2v) is 5.09. The lowest BCUT2D eigenvalue weighted by Gasteiger charge is -2.15. The minimum absolute atomic E-state index is 0.000243. The third-order valence-electron chi connectivity index (χ3n) is 2.63. The lowest BCUT2D eigenvalue weighted by Crippen LogP contribution is -2.34. The highest BCUT2D eigenvalue weighted by Gasteiger charge is 2.11. The first-order chi connectivity index (χ1) is 9.06. The Balaban J connectivity index is 2.51. The largest absolute Gasteiger partial charge is 0.396 e. The van der Waals surface area contributed by atoms with Crippen LogP contribution in [0, 0.1) is 11.7 Å². The Morgan fingerprint density at radius 1 is 1.58 bits per heavy atom. The Morgan fingerprint density at radius 3 is 2.89 bits per heavy atom. The molecular formula is C13H17BrFNO3. The van der Waals surface area contributed by atoms with E-state index < -0.39 is 0 Å². The summed E-state index contributed by atoms with van der Waals surface area (Å²) in [5.41, 5.74) is 0.897. The fourth-order valence-corrected chi connectivity index (χ4v) is 2.07. The van der Waals surface area contributed by atoms with Crippen molar-refractivity contribution in [2.75, 3.05) is 26.9 Å². The van der Waals surface area contributed by atoms with Gasteiger partial charge >= 0.3 is 0 Å². The van der Waals surface area contributed by atoms with Crippen molar-refractivity contribution in [2.24, 2.45) is 5.92 Å². The van der Waals surface area contributed by atoms with Gasteiger partial charge in [0, 0.05) is 26.2 Å². The molecule has 0 aliphatic rings. The van der Waals surface area contributed by atoms with Gasteiger partial charge in [0.2, 0.25) is 5.91 Å². The summed E-state index contributed by atoms with van der Waals surface area (Å²) in [4.78, 5) is 11.2. The maximum atomic E-state index is 13.1. The van der Waals surface area contributed by atoms with Crippen molar-refractivity contribution in [3.05, 3.63) is 34.1 Å². The number of amides is 1. The third kappa shape index (κ3) is 5.67. The van der Waals surface area contributed by atoms with Crippen LogP contribution in [0.1, 0.15) is 5.56 Å². The van der Waals surface area contributed by atoms with E-state index in [4.69, 9.17) is 4.74 Å². The molecule has 0 aromatic heterocycles. The average molecular weight is 334 g/mol. The number of carbonyl (C=O) groups excluding carboxylic acids is 1. The molecule has 1 atom stereocenters. The Bertz CT molecular complexity index is 428. The summed E-state index contributed by atoms with van der Waals surface area (Å²) in [7, 11) is 1.44. The first kappa shape index (κ1) is 16.1. The van der Waals surface area contributed by atoms with Crippen molar-refractivity contribution in [1.82, 2.24) is 5.32 Å². The summed E-state index contributed by atoms with van der Waals surface area (Å²) in [5, 5.41) is 12.0. The van der Waals surface area contributed by atoms with E-state index in [9.17, 15) is 14.3 Å². The van der Waals surface area contributed by atoms with Gasteiger partial charge in [0.05, 0.1) is 4.47 Å². The van der Waals surface area contributed by atoms with Gasteiger partial charge in [-0.3, -0.25) is 4.79 Å². The summed E-state index contributed by atoms with van der Waals surface area (Å²) < 4.78 is 18.2. The lowest BCUT2D eigenvalue weighted by molar-refractivity contribution is -0.124. The van der Waals surface area contributed by atoms with Crippen LogP contribution in [-0.2, 0) is 16.0 Å². The molecule has 0 spiro atoms. The van der Waals surface area contributed by atoms with Crippen LogP contribution in [0.3, 0.4) is 0 Å². The van der Waals surface area contributed by atoms with Gasteiger partial charge in [-0.1, -0.05) is 6.07 Å². The summed E-state index contributed by atoms with van der Waals surface area (Å²) >= 11 is 3.12. The molecule has 0 saturated heterocycles. The number of benzene rings is 1. The molecular weight excluding hydrogens is 317 g/mol. The van der Waals surface area contributed by atoms with E-state index in [1.165, 1.54) is 13.2 Å². The van der Waals surface area contributed by atoms with Gasteiger partial charge in [0.1, 0.15) is 12.4 Å². The summed E-state index contributed by atoms with van der Waals surface area (Å²) in [6, 6.07) is 4.71. The number of halogens is 2. The third-order valence-corrected chi connectivity index (χ3v) is 3.24. The highest BCUT2D eigenvalue weighted by molar-refractivity contribution is 9.10. The minimum Gasteiger partial charge on any atom is -0.396 e. The number of aliphatic hydroxyl groups excluding tert-OH is 1. The molecule has 0 aliphatic carbocycles. The summed E-state index contributed by atoms with van der Waals surface area (Å²) in [5.74, 6) is -0.655. The van der Waals surface area contributed by atoms with Crippen LogP contribution >= 0.6 is 15.9 Å². The number of aliphatic hydroxyl groups is 1. The van der Waals surface area contributed by atoms with Gasteiger partial charge in [-0.25, -0.2) is 4.39 Å². The standard InChI is InChI=1S/C13H17BrFNO3/c1-19-8-13(18)16-6-10(7-17)4-9-2-3-12(15)11(14)5-9/h2-3,5,10,17H,4,6-8H2,1H3,(H,16,18). The fraction of sp³-hybridized carbons (Fsp3) is 0.462. The Morgan fingerprint density at radius 2 is 2.32 bits per heavy atom. The molecule has 0 fully saturated rings. The van der Waals surface area contributed by atoms with Gasteiger partial charge in [-0.15, -0.1) is 0 Å². The lowest BCUT2D eigenvalue weighted by atomic mass is 10.00. The molecule has 4 nitrogen and oxygen atoms in total. The van der Waals surface area contributed by atoms with E-state index in [0.29, 0.717) is 17.4 Å². The van der Waals surface area contributed by atoms with E-state index in [0.717, 1.165) is 5.56 Å². The van der Waals surface area contributed by atoms with Crippen LogP contribution in [0.4, 0.5) is 4.39 Å². The Kier molecular flexibility index (Phi) is 6.97. The van der Waals surface area contributed by atoms with Crippen molar-refractivity contribution in [3.63, 3.8) is 0 Å². The molecule has 2 N–H and O–H groups in total. The van der Waals surface area contributed by atoms with Crippen LogP contribution in [0.15, 0.2) is 22.7 Å². The monoisotopic (exact) mass is 333 g/mol. The van der Waals surface area contributed by atoms with E-state index in [1.807, 2.05) is 0 Å². The molecule has 0 aliphatic heterocycles. The topological polar surface area (TPSA) is 58.6 Å². The number of rotatable bonds is 7. The average Bonchev–Trinajstić information content (AvgIpc) is 2.39. The number of ether oxygens (including phenoxy) is 1. The van der Waals surface area contributed by atoms with Crippen LogP contribution in [0.25, 0.3) is 0 Å². The predicted molar refractivity (Wildman–Crippen MR) is 73.3 cm³/mol. The first-order valence-electron chi connectivity index (χ1n) is 5.87. The molecule has 1 amide bonds. The van der Waals surface area contributed by atoms with Gasteiger partial charge in [0.25, 0.3) is 0 Å². The molecule has 1 aromatic rings. The van der Waals surface area contributed by atoms with E-state index in [2.05, 4.69) is 21.2 Å². The smallest absolute Gasteiger partial charge is 0.245 e. The minimum atomic E-state index is -0.322. The van der Waals surface area contributed by atoms with Gasteiger partial charge < -0.3 is 15.2 Å².